The van der Waals surface area contributed by atoms with Crippen LogP contribution in [0.5, 0.6) is 0 Å². The second kappa shape index (κ2) is 8.21. The van der Waals surface area contributed by atoms with Gasteiger partial charge in [-0.05, 0) is 19.4 Å². The summed E-state index contributed by atoms with van der Waals surface area (Å²) in [5, 5.41) is 38.8. The fourth-order valence-corrected chi connectivity index (χ4v) is 2.74. The van der Waals surface area contributed by atoms with E-state index >= 15 is 0 Å². The topological polar surface area (TPSA) is 101 Å². The Labute approximate surface area is 136 Å². The van der Waals surface area contributed by atoms with Crippen molar-refractivity contribution in [1.82, 2.24) is 4.90 Å². The van der Waals surface area contributed by atoms with Gasteiger partial charge in [0.1, 0.15) is 6.04 Å². The first kappa shape index (κ1) is 19.3. The van der Waals surface area contributed by atoms with E-state index in [2.05, 4.69) is 6.58 Å². The van der Waals surface area contributed by atoms with Crippen LogP contribution in [0.4, 0.5) is 0 Å². The van der Waals surface area contributed by atoms with Crippen molar-refractivity contribution in [2.75, 3.05) is 19.8 Å². The molecule has 23 heavy (non-hydrogen) atoms. The highest BCUT2D eigenvalue weighted by Gasteiger charge is 2.45. The normalized spacial score (nSPS) is 14.5. The number of carbonyl (C=O) groups is 1. The molecule has 0 saturated carbocycles. The molecule has 0 aromatic heterocycles. The predicted molar refractivity (Wildman–Crippen MR) is 86.9 cm³/mol. The van der Waals surface area contributed by atoms with Crippen molar-refractivity contribution in [1.29, 1.82) is 0 Å². The SMILES string of the molecule is C=C(C)C(c1ccccc1)N([C@@H](C)C(=O)O)C(CO)(CO)CO. The van der Waals surface area contributed by atoms with Crippen LogP contribution in [0.15, 0.2) is 42.5 Å². The Morgan fingerprint density at radius 1 is 1.17 bits per heavy atom. The van der Waals surface area contributed by atoms with E-state index in [1.54, 1.807) is 6.92 Å². The smallest absolute Gasteiger partial charge is 0.320 e. The average Bonchev–Trinajstić information content (AvgIpc) is 2.55. The number of aliphatic carboxylic acids is 1. The van der Waals surface area contributed by atoms with Crippen molar-refractivity contribution < 1.29 is 25.2 Å². The van der Waals surface area contributed by atoms with E-state index in [1.165, 1.54) is 11.8 Å². The number of aliphatic hydroxyl groups is 3. The molecule has 1 aromatic carbocycles. The molecular weight excluding hydrogens is 298 g/mol. The quantitative estimate of drug-likeness (QED) is 0.501. The Bertz CT molecular complexity index is 519. The molecule has 6 heteroatoms. The van der Waals surface area contributed by atoms with Gasteiger partial charge in [-0.2, -0.15) is 0 Å². The molecule has 128 valence electrons. The van der Waals surface area contributed by atoms with Crippen LogP contribution in [0, 0.1) is 0 Å². The largest absolute Gasteiger partial charge is 0.480 e. The first-order chi connectivity index (χ1) is 10.8. The monoisotopic (exact) mass is 323 g/mol. The summed E-state index contributed by atoms with van der Waals surface area (Å²) in [6.07, 6.45) is 0. The highest BCUT2D eigenvalue weighted by molar-refractivity contribution is 5.73. The van der Waals surface area contributed by atoms with Gasteiger partial charge in [0.2, 0.25) is 0 Å². The van der Waals surface area contributed by atoms with Crippen LogP contribution in [0.2, 0.25) is 0 Å². The van der Waals surface area contributed by atoms with Crippen molar-refractivity contribution >= 4 is 5.97 Å². The van der Waals surface area contributed by atoms with Gasteiger partial charge in [-0.3, -0.25) is 9.69 Å². The zero-order valence-electron chi connectivity index (χ0n) is 13.5. The summed E-state index contributed by atoms with van der Waals surface area (Å²) in [5.74, 6) is -1.12. The van der Waals surface area contributed by atoms with E-state index in [-0.39, 0.29) is 0 Å². The molecule has 2 atom stereocenters. The molecule has 0 heterocycles. The first-order valence-electron chi connectivity index (χ1n) is 7.38. The standard InChI is InChI=1S/C17H25NO5/c1-12(2)15(14-7-5-4-6-8-14)18(13(3)16(22)23)17(9-19,10-20)11-21/h4-8,13,15,19-21H,1,9-11H2,2-3H3,(H,22,23)/t13-,15?/m0/s1. The second-order valence-corrected chi connectivity index (χ2v) is 5.78. The maximum atomic E-state index is 11.6. The summed E-state index contributed by atoms with van der Waals surface area (Å²) >= 11 is 0. The molecular formula is C17H25NO5. The molecule has 1 aromatic rings. The van der Waals surface area contributed by atoms with E-state index in [1.807, 2.05) is 30.3 Å². The molecule has 1 rings (SSSR count). The number of rotatable bonds is 9. The van der Waals surface area contributed by atoms with E-state index in [9.17, 15) is 25.2 Å². The predicted octanol–water partition coefficient (Wildman–Crippen LogP) is 0.795. The first-order valence-corrected chi connectivity index (χ1v) is 7.38. The molecule has 0 aliphatic carbocycles. The zero-order valence-corrected chi connectivity index (χ0v) is 13.5. The summed E-state index contributed by atoms with van der Waals surface area (Å²) in [5.41, 5.74) is -0.0751. The van der Waals surface area contributed by atoms with Crippen molar-refractivity contribution in [2.45, 2.75) is 31.5 Å². The molecule has 0 spiro atoms. The third-order valence-corrected chi connectivity index (χ3v) is 4.07. The molecule has 0 saturated heterocycles. The minimum absolute atomic E-state index is 0.575. The maximum Gasteiger partial charge on any atom is 0.320 e. The van der Waals surface area contributed by atoms with Gasteiger partial charge in [-0.15, -0.1) is 0 Å². The van der Waals surface area contributed by atoms with Gasteiger partial charge in [0.05, 0.1) is 31.4 Å². The lowest BCUT2D eigenvalue weighted by molar-refractivity contribution is -0.152. The Morgan fingerprint density at radius 2 is 1.65 bits per heavy atom. The fourth-order valence-electron chi connectivity index (χ4n) is 2.74. The Balaban J connectivity index is 3.52. The summed E-state index contributed by atoms with van der Waals surface area (Å²) in [6, 6.07) is 7.47. The molecule has 6 nitrogen and oxygen atoms in total. The molecule has 0 aliphatic heterocycles. The lowest BCUT2D eigenvalue weighted by Gasteiger charge is -2.47. The maximum absolute atomic E-state index is 11.6. The van der Waals surface area contributed by atoms with Crippen LogP contribution in [-0.4, -0.2) is 62.7 Å². The molecule has 0 fully saturated rings. The van der Waals surface area contributed by atoms with Gasteiger partial charge in [-0.1, -0.05) is 42.5 Å². The van der Waals surface area contributed by atoms with Gasteiger partial charge in [-0.25, -0.2) is 0 Å². The highest BCUT2D eigenvalue weighted by Crippen LogP contribution is 2.35. The van der Waals surface area contributed by atoms with Gasteiger partial charge in [0.25, 0.3) is 0 Å². The third-order valence-electron chi connectivity index (χ3n) is 4.07. The van der Waals surface area contributed by atoms with Crippen molar-refractivity contribution in [3.05, 3.63) is 48.0 Å². The molecule has 0 aliphatic rings. The number of aliphatic hydroxyl groups excluding tert-OH is 3. The lowest BCUT2D eigenvalue weighted by atomic mass is 9.89. The number of hydrogen-bond donors (Lipinski definition) is 4. The van der Waals surface area contributed by atoms with Gasteiger partial charge >= 0.3 is 5.97 Å². The summed E-state index contributed by atoms with van der Waals surface area (Å²) < 4.78 is 0. The van der Waals surface area contributed by atoms with Gasteiger partial charge in [0.15, 0.2) is 0 Å². The zero-order chi connectivity index (χ0) is 17.6. The number of nitrogens with zero attached hydrogens (tertiary/aromatic N) is 1. The van der Waals surface area contributed by atoms with Crippen LogP contribution in [-0.2, 0) is 4.79 Å². The van der Waals surface area contributed by atoms with E-state index < -0.39 is 43.4 Å². The van der Waals surface area contributed by atoms with Crippen LogP contribution in [0.3, 0.4) is 0 Å². The van der Waals surface area contributed by atoms with E-state index in [0.29, 0.717) is 5.57 Å². The molecule has 1 unspecified atom stereocenters. The number of benzene rings is 1. The molecule has 0 bridgehead atoms. The Morgan fingerprint density at radius 3 is 2.00 bits per heavy atom. The van der Waals surface area contributed by atoms with Gasteiger partial charge in [0, 0.05) is 0 Å². The third kappa shape index (κ3) is 3.97. The molecule has 0 radical (unpaired) electrons. The van der Waals surface area contributed by atoms with Crippen LogP contribution in [0.25, 0.3) is 0 Å². The van der Waals surface area contributed by atoms with Gasteiger partial charge < -0.3 is 20.4 Å². The van der Waals surface area contributed by atoms with Crippen molar-refractivity contribution in [2.24, 2.45) is 0 Å². The number of carboxylic acid groups (broad SMARTS) is 1. The average molecular weight is 323 g/mol. The number of carboxylic acids is 1. The second-order valence-electron chi connectivity index (χ2n) is 5.78. The van der Waals surface area contributed by atoms with E-state index in [0.717, 1.165) is 5.56 Å². The van der Waals surface area contributed by atoms with Crippen molar-refractivity contribution in [3.63, 3.8) is 0 Å². The molecule has 4 N–H and O–H groups in total. The van der Waals surface area contributed by atoms with Crippen LogP contribution >= 0.6 is 0 Å². The summed E-state index contributed by atoms with van der Waals surface area (Å²) in [4.78, 5) is 13.0. The fraction of sp³-hybridized carbons (Fsp3) is 0.471. The van der Waals surface area contributed by atoms with Crippen LogP contribution < -0.4 is 0 Å². The molecule has 0 amide bonds. The minimum atomic E-state index is -1.49. The number of hydrogen-bond acceptors (Lipinski definition) is 5. The lowest BCUT2D eigenvalue weighted by Crippen LogP contribution is -2.62. The Hall–Kier alpha value is -1.73. The highest BCUT2D eigenvalue weighted by atomic mass is 16.4. The summed E-state index contributed by atoms with van der Waals surface area (Å²) in [7, 11) is 0. The summed E-state index contributed by atoms with van der Waals surface area (Å²) in [6.45, 7) is 5.37. The van der Waals surface area contributed by atoms with Crippen molar-refractivity contribution in [3.8, 4) is 0 Å². The van der Waals surface area contributed by atoms with Crippen LogP contribution in [0.1, 0.15) is 25.5 Å². The minimum Gasteiger partial charge on any atom is -0.480 e. The van der Waals surface area contributed by atoms with E-state index in [4.69, 9.17) is 0 Å². The Kier molecular flexibility index (Phi) is 6.90.